The number of aliphatic carboxylic acids is 1. The Morgan fingerprint density at radius 2 is 1.69 bits per heavy atom. The summed E-state index contributed by atoms with van der Waals surface area (Å²) < 4.78 is 0. The highest BCUT2D eigenvalue weighted by Crippen LogP contribution is 2.16. The van der Waals surface area contributed by atoms with Crippen LogP contribution in [0.3, 0.4) is 0 Å². The molecule has 132 valence electrons. The molecule has 4 nitrogen and oxygen atoms in total. The normalized spacial score (nSPS) is 11.9. The van der Waals surface area contributed by atoms with Gasteiger partial charge in [0.15, 0.2) is 0 Å². The average molecular weight is 347 g/mol. The van der Waals surface area contributed by atoms with Crippen LogP contribution in [0.1, 0.15) is 16.7 Å². The number of hydrogen-bond donors (Lipinski definition) is 2. The molecule has 3 rings (SSSR count). The lowest BCUT2D eigenvalue weighted by molar-refractivity contribution is -0.141. The minimum atomic E-state index is -1.03. The molecule has 4 heteroatoms. The molecule has 0 bridgehead atoms. The van der Waals surface area contributed by atoms with Gasteiger partial charge in [-0.05, 0) is 28.8 Å². The lowest BCUT2D eigenvalue weighted by Gasteiger charge is -2.15. The van der Waals surface area contributed by atoms with Gasteiger partial charge in [0.25, 0.3) is 0 Å². The molecule has 0 aliphatic rings. The second kappa shape index (κ2) is 7.83. The Kier molecular flexibility index (Phi) is 5.32. The number of benzene rings is 3. The predicted octanol–water partition coefficient (Wildman–Crippen LogP) is 3.50. The zero-order chi connectivity index (χ0) is 18.5. The van der Waals surface area contributed by atoms with Gasteiger partial charge in [0.1, 0.15) is 6.04 Å². The van der Waals surface area contributed by atoms with Gasteiger partial charge >= 0.3 is 5.97 Å². The molecule has 0 radical (unpaired) electrons. The van der Waals surface area contributed by atoms with Crippen molar-refractivity contribution in [2.24, 2.45) is 0 Å². The molecule has 3 aromatic carbocycles. The van der Waals surface area contributed by atoms with E-state index in [1.54, 1.807) is 0 Å². The molecular weight excluding hydrogens is 326 g/mol. The first kappa shape index (κ1) is 17.7. The maximum Gasteiger partial charge on any atom is 0.326 e. The number of fused-ring (bicyclic) bond motifs is 1. The monoisotopic (exact) mass is 347 g/mol. The molecule has 0 spiro atoms. The summed E-state index contributed by atoms with van der Waals surface area (Å²) >= 11 is 0. The molecule has 3 aromatic rings. The number of rotatable bonds is 6. The standard InChI is InChI=1S/C22H21NO3/c1-15-5-4-6-16(11-15)13-20(22(25)26)23-21(24)14-17-9-10-18-7-2-3-8-19(18)12-17/h2-12,20H,13-14H2,1H3,(H,23,24)(H,25,26)/t20-/m0/s1. The van der Waals surface area contributed by atoms with Gasteiger partial charge in [-0.15, -0.1) is 0 Å². The van der Waals surface area contributed by atoms with Crippen molar-refractivity contribution in [1.29, 1.82) is 0 Å². The van der Waals surface area contributed by atoms with Gasteiger partial charge < -0.3 is 10.4 Å². The third-order valence-electron chi connectivity index (χ3n) is 4.33. The van der Waals surface area contributed by atoms with E-state index in [1.165, 1.54) is 0 Å². The Hall–Kier alpha value is -3.14. The molecule has 26 heavy (non-hydrogen) atoms. The Morgan fingerprint density at radius 3 is 2.42 bits per heavy atom. The number of hydrogen-bond acceptors (Lipinski definition) is 2. The number of nitrogens with one attached hydrogen (secondary N) is 1. The van der Waals surface area contributed by atoms with Crippen LogP contribution in [0.25, 0.3) is 10.8 Å². The molecule has 0 unspecified atom stereocenters. The van der Waals surface area contributed by atoms with E-state index < -0.39 is 12.0 Å². The average Bonchev–Trinajstić information content (AvgIpc) is 2.61. The summed E-state index contributed by atoms with van der Waals surface area (Å²) in [5.74, 6) is -1.32. The second-order valence-corrected chi connectivity index (χ2v) is 6.51. The van der Waals surface area contributed by atoms with Crippen LogP contribution in [0.4, 0.5) is 0 Å². The molecular formula is C22H21NO3. The lowest BCUT2D eigenvalue weighted by Crippen LogP contribution is -2.43. The van der Waals surface area contributed by atoms with Crippen molar-refractivity contribution < 1.29 is 14.7 Å². The first-order valence-electron chi connectivity index (χ1n) is 8.56. The highest BCUT2D eigenvalue weighted by atomic mass is 16.4. The highest BCUT2D eigenvalue weighted by molar-refractivity contribution is 5.87. The number of carboxylic acids is 1. The van der Waals surface area contributed by atoms with E-state index in [0.717, 1.165) is 27.5 Å². The van der Waals surface area contributed by atoms with Crippen molar-refractivity contribution in [3.05, 3.63) is 83.4 Å². The summed E-state index contributed by atoms with van der Waals surface area (Å²) in [6.45, 7) is 1.96. The van der Waals surface area contributed by atoms with E-state index >= 15 is 0 Å². The van der Waals surface area contributed by atoms with Crippen LogP contribution in [0.2, 0.25) is 0 Å². The first-order chi connectivity index (χ1) is 12.5. The smallest absolute Gasteiger partial charge is 0.326 e. The number of carbonyl (C=O) groups excluding carboxylic acids is 1. The minimum Gasteiger partial charge on any atom is -0.480 e. The quantitative estimate of drug-likeness (QED) is 0.717. The van der Waals surface area contributed by atoms with Gasteiger partial charge in [0, 0.05) is 6.42 Å². The molecule has 1 atom stereocenters. The Bertz CT molecular complexity index is 949. The first-order valence-corrected chi connectivity index (χ1v) is 8.56. The van der Waals surface area contributed by atoms with E-state index in [0.29, 0.717) is 0 Å². The Balaban J connectivity index is 1.68. The number of aryl methyl sites for hydroxylation is 1. The zero-order valence-electron chi connectivity index (χ0n) is 14.6. The van der Waals surface area contributed by atoms with Crippen LogP contribution in [0.15, 0.2) is 66.7 Å². The van der Waals surface area contributed by atoms with Crippen molar-refractivity contribution in [3.63, 3.8) is 0 Å². The van der Waals surface area contributed by atoms with Gasteiger partial charge in [-0.1, -0.05) is 72.3 Å². The zero-order valence-corrected chi connectivity index (χ0v) is 14.6. The molecule has 0 saturated heterocycles. The fourth-order valence-electron chi connectivity index (χ4n) is 3.05. The largest absolute Gasteiger partial charge is 0.480 e. The van der Waals surface area contributed by atoms with E-state index in [1.807, 2.05) is 73.7 Å². The molecule has 0 aliphatic carbocycles. The van der Waals surface area contributed by atoms with Crippen molar-refractivity contribution in [1.82, 2.24) is 5.32 Å². The van der Waals surface area contributed by atoms with Gasteiger partial charge in [0.05, 0.1) is 6.42 Å². The lowest BCUT2D eigenvalue weighted by atomic mass is 10.0. The summed E-state index contributed by atoms with van der Waals surface area (Å²) in [7, 11) is 0. The minimum absolute atomic E-state index is 0.155. The summed E-state index contributed by atoms with van der Waals surface area (Å²) in [5, 5.41) is 14.3. The number of carboxylic acid groups (broad SMARTS) is 1. The van der Waals surface area contributed by atoms with Gasteiger partial charge in [0.2, 0.25) is 5.91 Å². The van der Waals surface area contributed by atoms with Gasteiger partial charge in [-0.3, -0.25) is 4.79 Å². The van der Waals surface area contributed by atoms with Crippen molar-refractivity contribution >= 4 is 22.6 Å². The second-order valence-electron chi connectivity index (χ2n) is 6.51. The van der Waals surface area contributed by atoms with Gasteiger partial charge in [-0.25, -0.2) is 4.79 Å². The predicted molar refractivity (Wildman–Crippen MR) is 102 cm³/mol. The fourth-order valence-corrected chi connectivity index (χ4v) is 3.05. The summed E-state index contributed by atoms with van der Waals surface area (Å²) in [4.78, 5) is 23.9. The number of amides is 1. The van der Waals surface area contributed by atoms with Crippen molar-refractivity contribution in [2.45, 2.75) is 25.8 Å². The molecule has 0 fully saturated rings. The highest BCUT2D eigenvalue weighted by Gasteiger charge is 2.20. The summed E-state index contributed by atoms with van der Waals surface area (Å²) in [6, 6.07) is 20.5. The van der Waals surface area contributed by atoms with E-state index in [2.05, 4.69) is 5.32 Å². The van der Waals surface area contributed by atoms with Crippen LogP contribution in [-0.2, 0) is 22.4 Å². The Morgan fingerprint density at radius 1 is 0.923 bits per heavy atom. The van der Waals surface area contributed by atoms with Crippen LogP contribution < -0.4 is 5.32 Å². The molecule has 0 aromatic heterocycles. The van der Waals surface area contributed by atoms with Crippen molar-refractivity contribution in [3.8, 4) is 0 Å². The molecule has 1 amide bonds. The fraction of sp³-hybridized carbons (Fsp3) is 0.182. The van der Waals surface area contributed by atoms with Crippen LogP contribution in [0, 0.1) is 6.92 Å². The summed E-state index contributed by atoms with van der Waals surface area (Å²) in [5.41, 5.74) is 2.82. The van der Waals surface area contributed by atoms with Crippen LogP contribution in [-0.4, -0.2) is 23.0 Å². The molecule has 0 heterocycles. The third kappa shape index (κ3) is 4.48. The SMILES string of the molecule is Cc1cccc(C[C@H](NC(=O)Cc2ccc3ccccc3c2)C(=O)O)c1. The van der Waals surface area contributed by atoms with E-state index in [4.69, 9.17) is 0 Å². The van der Waals surface area contributed by atoms with Crippen LogP contribution in [0.5, 0.6) is 0 Å². The maximum absolute atomic E-state index is 12.3. The maximum atomic E-state index is 12.3. The number of carbonyl (C=O) groups is 2. The topological polar surface area (TPSA) is 66.4 Å². The Labute approximate surface area is 152 Å². The summed E-state index contributed by atoms with van der Waals surface area (Å²) in [6.07, 6.45) is 0.420. The molecule has 2 N–H and O–H groups in total. The molecule has 0 saturated carbocycles. The third-order valence-corrected chi connectivity index (χ3v) is 4.33. The van der Waals surface area contributed by atoms with E-state index in [9.17, 15) is 14.7 Å². The van der Waals surface area contributed by atoms with Crippen LogP contribution >= 0.6 is 0 Å². The van der Waals surface area contributed by atoms with Gasteiger partial charge in [-0.2, -0.15) is 0 Å². The van der Waals surface area contributed by atoms with E-state index in [-0.39, 0.29) is 18.7 Å². The van der Waals surface area contributed by atoms with Crippen molar-refractivity contribution in [2.75, 3.05) is 0 Å². The molecule has 0 aliphatic heterocycles.